The minimum atomic E-state index is 0.101. The molecule has 2 unspecified atom stereocenters. The number of ether oxygens (including phenoxy) is 1. The van der Waals surface area contributed by atoms with Crippen molar-refractivity contribution < 1.29 is 4.74 Å². The monoisotopic (exact) mass is 227 g/mol. The van der Waals surface area contributed by atoms with E-state index < -0.39 is 0 Å². The van der Waals surface area contributed by atoms with Crippen LogP contribution >= 0.6 is 0 Å². The standard InChI is InChI=1S/C14H29NO/c1-5-12(3)13(15-6-2)14(16-4)10-8-7-9-11-14/h12-13,15H,5-11H2,1-4H3. The molecule has 2 heteroatoms. The molecule has 0 amide bonds. The number of nitrogens with one attached hydrogen (secondary N) is 1. The van der Waals surface area contributed by atoms with Gasteiger partial charge in [0.25, 0.3) is 0 Å². The van der Waals surface area contributed by atoms with Crippen molar-refractivity contribution in [3.8, 4) is 0 Å². The minimum absolute atomic E-state index is 0.101. The molecule has 1 saturated carbocycles. The van der Waals surface area contributed by atoms with E-state index in [1.54, 1.807) is 0 Å². The molecule has 0 spiro atoms. The Balaban J connectivity index is 2.78. The SMILES string of the molecule is CCNC(C(C)CC)C1(OC)CCCCC1. The van der Waals surface area contributed by atoms with Crippen LogP contribution in [-0.4, -0.2) is 25.3 Å². The topological polar surface area (TPSA) is 21.3 Å². The van der Waals surface area contributed by atoms with Crippen LogP contribution in [0.5, 0.6) is 0 Å². The van der Waals surface area contributed by atoms with Crippen LogP contribution in [0.25, 0.3) is 0 Å². The Hall–Kier alpha value is -0.0800. The molecule has 1 aliphatic rings. The summed E-state index contributed by atoms with van der Waals surface area (Å²) in [6, 6.07) is 0.521. The summed E-state index contributed by atoms with van der Waals surface area (Å²) in [6.07, 6.45) is 7.71. The van der Waals surface area contributed by atoms with Gasteiger partial charge in [0.05, 0.1) is 5.60 Å². The van der Waals surface area contributed by atoms with Gasteiger partial charge in [-0.25, -0.2) is 0 Å². The van der Waals surface area contributed by atoms with Crippen molar-refractivity contribution in [1.29, 1.82) is 0 Å². The highest BCUT2D eigenvalue weighted by atomic mass is 16.5. The minimum Gasteiger partial charge on any atom is -0.377 e. The number of methoxy groups -OCH3 is 1. The molecule has 0 aromatic heterocycles. The number of hydrogen-bond donors (Lipinski definition) is 1. The van der Waals surface area contributed by atoms with Gasteiger partial charge in [-0.3, -0.25) is 0 Å². The van der Waals surface area contributed by atoms with E-state index in [9.17, 15) is 0 Å². The van der Waals surface area contributed by atoms with E-state index >= 15 is 0 Å². The zero-order valence-electron chi connectivity index (χ0n) is 11.5. The van der Waals surface area contributed by atoms with E-state index in [0.717, 1.165) is 6.54 Å². The van der Waals surface area contributed by atoms with E-state index in [1.807, 2.05) is 7.11 Å². The van der Waals surface area contributed by atoms with Crippen molar-refractivity contribution in [3.05, 3.63) is 0 Å². The van der Waals surface area contributed by atoms with Gasteiger partial charge in [-0.1, -0.05) is 46.5 Å². The molecule has 2 nitrogen and oxygen atoms in total. The smallest absolute Gasteiger partial charge is 0.0833 e. The molecule has 96 valence electrons. The largest absolute Gasteiger partial charge is 0.377 e. The molecular weight excluding hydrogens is 198 g/mol. The maximum atomic E-state index is 5.95. The fourth-order valence-corrected chi connectivity index (χ4v) is 3.15. The van der Waals surface area contributed by atoms with Gasteiger partial charge in [-0.2, -0.15) is 0 Å². The predicted octanol–water partition coefficient (Wildman–Crippen LogP) is 3.36. The molecule has 2 atom stereocenters. The molecule has 0 aliphatic heterocycles. The molecule has 0 aromatic rings. The van der Waals surface area contributed by atoms with E-state index in [0.29, 0.717) is 12.0 Å². The van der Waals surface area contributed by atoms with Crippen LogP contribution in [-0.2, 0) is 4.74 Å². The van der Waals surface area contributed by atoms with Crippen molar-refractivity contribution in [2.45, 2.75) is 70.9 Å². The van der Waals surface area contributed by atoms with Crippen molar-refractivity contribution in [1.82, 2.24) is 5.32 Å². The first-order valence-corrected chi connectivity index (χ1v) is 6.98. The lowest BCUT2D eigenvalue weighted by Gasteiger charge is -2.45. The second-order valence-corrected chi connectivity index (χ2v) is 5.25. The molecular formula is C14H29NO. The lowest BCUT2D eigenvalue weighted by Crippen LogP contribution is -2.56. The Morgan fingerprint density at radius 3 is 2.25 bits per heavy atom. The fourth-order valence-electron chi connectivity index (χ4n) is 3.15. The molecule has 0 saturated heterocycles. The third kappa shape index (κ3) is 2.98. The van der Waals surface area contributed by atoms with Crippen molar-refractivity contribution in [2.75, 3.05) is 13.7 Å². The Morgan fingerprint density at radius 1 is 1.19 bits per heavy atom. The lowest BCUT2D eigenvalue weighted by atomic mass is 9.74. The number of hydrogen-bond acceptors (Lipinski definition) is 2. The number of rotatable bonds is 6. The molecule has 0 bridgehead atoms. The summed E-state index contributed by atoms with van der Waals surface area (Å²) in [5.41, 5.74) is 0.101. The molecule has 1 N–H and O–H groups in total. The van der Waals surface area contributed by atoms with Gasteiger partial charge in [0, 0.05) is 13.2 Å². The highest BCUT2D eigenvalue weighted by molar-refractivity contribution is 4.97. The molecule has 0 radical (unpaired) electrons. The zero-order chi connectivity index (χ0) is 12.0. The zero-order valence-corrected chi connectivity index (χ0v) is 11.5. The van der Waals surface area contributed by atoms with Crippen LogP contribution < -0.4 is 5.32 Å². The van der Waals surface area contributed by atoms with Gasteiger partial charge >= 0.3 is 0 Å². The Kier molecular flexibility index (Phi) is 5.77. The third-order valence-electron chi connectivity index (χ3n) is 4.31. The van der Waals surface area contributed by atoms with Crippen LogP contribution in [0.2, 0.25) is 0 Å². The normalized spacial score (nSPS) is 24.0. The molecule has 0 aromatic carbocycles. The van der Waals surface area contributed by atoms with Crippen LogP contribution in [0.1, 0.15) is 59.3 Å². The second kappa shape index (κ2) is 6.61. The molecule has 16 heavy (non-hydrogen) atoms. The molecule has 0 heterocycles. The molecule has 1 fully saturated rings. The number of likely N-dealkylation sites (N-methyl/N-ethyl adjacent to an activating group) is 1. The average Bonchev–Trinajstić information content (AvgIpc) is 2.36. The van der Waals surface area contributed by atoms with Gasteiger partial charge in [0.15, 0.2) is 0 Å². The average molecular weight is 227 g/mol. The summed E-state index contributed by atoms with van der Waals surface area (Å²) in [5, 5.41) is 3.67. The highest BCUT2D eigenvalue weighted by Crippen LogP contribution is 2.37. The van der Waals surface area contributed by atoms with Crippen LogP contribution in [0, 0.1) is 5.92 Å². The summed E-state index contributed by atoms with van der Waals surface area (Å²) >= 11 is 0. The van der Waals surface area contributed by atoms with Gasteiger partial charge in [-0.05, 0) is 25.3 Å². The fraction of sp³-hybridized carbons (Fsp3) is 1.00. The molecule has 1 aliphatic carbocycles. The Bertz CT molecular complexity index is 187. The predicted molar refractivity (Wildman–Crippen MR) is 69.7 cm³/mol. The maximum Gasteiger partial charge on any atom is 0.0833 e. The summed E-state index contributed by atoms with van der Waals surface area (Å²) < 4.78 is 5.95. The van der Waals surface area contributed by atoms with Gasteiger partial charge in [-0.15, -0.1) is 0 Å². The van der Waals surface area contributed by atoms with E-state index in [-0.39, 0.29) is 5.60 Å². The van der Waals surface area contributed by atoms with Crippen molar-refractivity contribution >= 4 is 0 Å². The van der Waals surface area contributed by atoms with Gasteiger partial charge < -0.3 is 10.1 Å². The quantitative estimate of drug-likeness (QED) is 0.751. The second-order valence-electron chi connectivity index (χ2n) is 5.25. The lowest BCUT2D eigenvalue weighted by molar-refractivity contribution is -0.0798. The van der Waals surface area contributed by atoms with Crippen LogP contribution in [0.4, 0.5) is 0 Å². The first-order valence-electron chi connectivity index (χ1n) is 6.98. The van der Waals surface area contributed by atoms with E-state index in [1.165, 1.54) is 38.5 Å². The highest BCUT2D eigenvalue weighted by Gasteiger charge is 2.41. The summed E-state index contributed by atoms with van der Waals surface area (Å²) in [4.78, 5) is 0. The summed E-state index contributed by atoms with van der Waals surface area (Å²) in [7, 11) is 1.90. The van der Waals surface area contributed by atoms with Crippen molar-refractivity contribution in [3.63, 3.8) is 0 Å². The Morgan fingerprint density at radius 2 is 1.81 bits per heavy atom. The first kappa shape index (κ1) is 14.0. The van der Waals surface area contributed by atoms with E-state index in [2.05, 4.69) is 26.1 Å². The molecule has 1 rings (SSSR count). The van der Waals surface area contributed by atoms with Crippen molar-refractivity contribution in [2.24, 2.45) is 5.92 Å². The summed E-state index contributed by atoms with van der Waals surface area (Å²) in [5.74, 6) is 0.693. The van der Waals surface area contributed by atoms with Crippen LogP contribution in [0.3, 0.4) is 0 Å². The first-order chi connectivity index (χ1) is 7.70. The third-order valence-corrected chi connectivity index (χ3v) is 4.31. The van der Waals surface area contributed by atoms with Gasteiger partial charge in [0.1, 0.15) is 0 Å². The van der Waals surface area contributed by atoms with E-state index in [4.69, 9.17) is 4.74 Å². The van der Waals surface area contributed by atoms with Gasteiger partial charge in [0.2, 0.25) is 0 Å². The summed E-state index contributed by atoms with van der Waals surface area (Å²) in [6.45, 7) is 7.87. The maximum absolute atomic E-state index is 5.95. The Labute approximate surface area is 101 Å². The van der Waals surface area contributed by atoms with Crippen LogP contribution in [0.15, 0.2) is 0 Å².